The number of likely N-dealkylation sites (N-methyl/N-ethyl adjacent to an activating group) is 1. The lowest BCUT2D eigenvalue weighted by molar-refractivity contribution is 0.380. The van der Waals surface area contributed by atoms with Crippen LogP contribution in [0.15, 0.2) is 41.5 Å². The van der Waals surface area contributed by atoms with Crippen LogP contribution >= 0.6 is 11.3 Å². The molecule has 3 aromatic heterocycles. The fraction of sp³-hybridized carbons (Fsp3) is 0.300. The third-order valence-corrected chi connectivity index (χ3v) is 5.59. The first kappa shape index (κ1) is 17.8. The van der Waals surface area contributed by atoms with Gasteiger partial charge in [0, 0.05) is 19.5 Å². The molecule has 4 aromatic rings. The number of aryl methyl sites for hydroxylation is 1. The average Bonchev–Trinajstić information content (AvgIpc) is 3.02. The molecule has 4 rings (SSSR count). The first-order chi connectivity index (χ1) is 13.0. The van der Waals surface area contributed by atoms with Crippen LogP contribution in [0.5, 0.6) is 0 Å². The van der Waals surface area contributed by atoms with Crippen molar-refractivity contribution >= 4 is 31.8 Å². The molecule has 0 saturated heterocycles. The van der Waals surface area contributed by atoms with E-state index in [0.717, 1.165) is 28.3 Å². The number of aromatic nitrogens is 4. The lowest BCUT2D eigenvalue weighted by atomic mass is 10.1. The predicted molar refractivity (Wildman–Crippen MR) is 110 cm³/mol. The highest BCUT2D eigenvalue weighted by Crippen LogP contribution is 2.30. The van der Waals surface area contributed by atoms with Gasteiger partial charge in [0.2, 0.25) is 0 Å². The van der Waals surface area contributed by atoms with E-state index in [-0.39, 0.29) is 5.56 Å². The maximum atomic E-state index is 12.9. The molecule has 0 aliphatic carbocycles. The van der Waals surface area contributed by atoms with Crippen molar-refractivity contribution < 1.29 is 0 Å². The topological polar surface area (TPSA) is 63.9 Å². The Morgan fingerprint density at radius 1 is 1.15 bits per heavy atom. The van der Waals surface area contributed by atoms with Crippen molar-refractivity contribution in [3.8, 4) is 0 Å². The molecule has 138 valence electrons. The van der Waals surface area contributed by atoms with Crippen LogP contribution in [0.2, 0.25) is 0 Å². The number of nitrogens with zero attached hydrogens (tertiary/aromatic N) is 5. The molecule has 0 amide bonds. The van der Waals surface area contributed by atoms with Gasteiger partial charge in [0.05, 0.1) is 22.9 Å². The molecule has 0 fully saturated rings. The summed E-state index contributed by atoms with van der Waals surface area (Å²) in [6.07, 6.45) is 2.31. The standard InChI is InChI=1S/C20H21N5OS/c1-13-16-17-18(20(26)25(12-21-17)10-9-24(2)3)27-19(16)23-15(22-13)11-14-7-5-4-6-8-14/h4-8,12H,9-11H2,1-3H3. The van der Waals surface area contributed by atoms with Crippen molar-refractivity contribution in [1.82, 2.24) is 24.4 Å². The van der Waals surface area contributed by atoms with Gasteiger partial charge < -0.3 is 4.90 Å². The monoisotopic (exact) mass is 379 g/mol. The van der Waals surface area contributed by atoms with Gasteiger partial charge in [-0.25, -0.2) is 15.0 Å². The van der Waals surface area contributed by atoms with Gasteiger partial charge in [-0.2, -0.15) is 0 Å². The quantitative estimate of drug-likeness (QED) is 0.533. The fourth-order valence-electron chi connectivity index (χ4n) is 3.11. The van der Waals surface area contributed by atoms with Crippen LogP contribution in [0.1, 0.15) is 17.1 Å². The van der Waals surface area contributed by atoms with E-state index >= 15 is 0 Å². The van der Waals surface area contributed by atoms with Gasteiger partial charge in [0.25, 0.3) is 5.56 Å². The lowest BCUT2D eigenvalue weighted by Crippen LogP contribution is -2.26. The molecule has 0 aliphatic heterocycles. The molecular formula is C20H21N5OS. The van der Waals surface area contributed by atoms with Crippen LogP contribution in [0.25, 0.3) is 20.4 Å². The van der Waals surface area contributed by atoms with Crippen LogP contribution < -0.4 is 5.56 Å². The number of fused-ring (bicyclic) bond motifs is 3. The van der Waals surface area contributed by atoms with E-state index in [1.807, 2.05) is 44.1 Å². The Hall–Kier alpha value is -2.64. The Morgan fingerprint density at radius 2 is 1.93 bits per heavy atom. The molecule has 7 heteroatoms. The van der Waals surface area contributed by atoms with E-state index in [0.29, 0.717) is 23.2 Å². The van der Waals surface area contributed by atoms with Gasteiger partial charge in [-0.1, -0.05) is 30.3 Å². The maximum absolute atomic E-state index is 12.9. The predicted octanol–water partition coefficient (Wildman–Crippen LogP) is 2.86. The van der Waals surface area contributed by atoms with Gasteiger partial charge >= 0.3 is 0 Å². The molecule has 0 radical (unpaired) electrons. The fourth-order valence-corrected chi connectivity index (χ4v) is 4.26. The van der Waals surface area contributed by atoms with Crippen molar-refractivity contribution in [2.24, 2.45) is 0 Å². The van der Waals surface area contributed by atoms with Crippen molar-refractivity contribution in [2.45, 2.75) is 19.9 Å². The minimum absolute atomic E-state index is 0.00569. The molecule has 0 spiro atoms. The summed E-state index contributed by atoms with van der Waals surface area (Å²) in [5, 5.41) is 0.892. The summed E-state index contributed by atoms with van der Waals surface area (Å²) < 4.78 is 2.33. The highest BCUT2D eigenvalue weighted by molar-refractivity contribution is 7.25. The second-order valence-corrected chi connectivity index (χ2v) is 7.89. The van der Waals surface area contributed by atoms with Crippen LogP contribution in [-0.4, -0.2) is 45.1 Å². The maximum Gasteiger partial charge on any atom is 0.271 e. The Morgan fingerprint density at radius 3 is 2.67 bits per heavy atom. The van der Waals surface area contributed by atoms with E-state index in [4.69, 9.17) is 4.98 Å². The Bertz CT molecular complexity index is 1160. The average molecular weight is 379 g/mol. The summed E-state index contributed by atoms with van der Waals surface area (Å²) in [5.41, 5.74) is 2.75. The van der Waals surface area contributed by atoms with E-state index in [9.17, 15) is 4.79 Å². The van der Waals surface area contributed by atoms with Crippen molar-refractivity contribution in [3.05, 3.63) is 64.1 Å². The van der Waals surface area contributed by atoms with Crippen molar-refractivity contribution in [3.63, 3.8) is 0 Å². The third kappa shape index (κ3) is 3.48. The third-order valence-electron chi connectivity index (χ3n) is 4.53. The highest BCUT2D eigenvalue weighted by atomic mass is 32.1. The first-order valence-electron chi connectivity index (χ1n) is 8.87. The van der Waals surface area contributed by atoms with Gasteiger partial charge in [-0.3, -0.25) is 9.36 Å². The molecule has 0 N–H and O–H groups in total. The van der Waals surface area contributed by atoms with Crippen molar-refractivity contribution in [2.75, 3.05) is 20.6 Å². The van der Waals surface area contributed by atoms with Crippen LogP contribution in [0.3, 0.4) is 0 Å². The van der Waals surface area contributed by atoms with Crippen LogP contribution in [-0.2, 0) is 13.0 Å². The molecule has 3 heterocycles. The number of benzene rings is 1. The SMILES string of the molecule is Cc1nc(Cc2ccccc2)nc2sc3c(=O)n(CCN(C)C)cnc3c12. The number of thiophene rings is 1. The zero-order chi connectivity index (χ0) is 19.0. The minimum Gasteiger partial charge on any atom is -0.308 e. The van der Waals surface area contributed by atoms with Crippen LogP contribution in [0.4, 0.5) is 0 Å². The molecule has 0 saturated carbocycles. The van der Waals surface area contributed by atoms with E-state index in [1.165, 1.54) is 16.9 Å². The Balaban J connectivity index is 1.79. The molecular weight excluding hydrogens is 358 g/mol. The highest BCUT2D eigenvalue weighted by Gasteiger charge is 2.16. The zero-order valence-corrected chi connectivity index (χ0v) is 16.5. The van der Waals surface area contributed by atoms with Crippen LogP contribution in [0, 0.1) is 6.92 Å². The minimum atomic E-state index is -0.00569. The van der Waals surface area contributed by atoms with E-state index in [2.05, 4.69) is 22.1 Å². The second kappa shape index (κ2) is 7.17. The number of hydrogen-bond donors (Lipinski definition) is 0. The molecule has 27 heavy (non-hydrogen) atoms. The molecule has 0 atom stereocenters. The summed E-state index contributed by atoms with van der Waals surface area (Å²) in [6, 6.07) is 10.2. The number of rotatable bonds is 5. The Labute approximate surface area is 161 Å². The molecule has 1 aromatic carbocycles. The summed E-state index contributed by atoms with van der Waals surface area (Å²) in [5.74, 6) is 0.769. The van der Waals surface area contributed by atoms with E-state index in [1.54, 1.807) is 10.9 Å². The van der Waals surface area contributed by atoms with E-state index < -0.39 is 0 Å². The van der Waals surface area contributed by atoms with Gasteiger partial charge in [-0.05, 0) is 26.6 Å². The largest absolute Gasteiger partial charge is 0.308 e. The van der Waals surface area contributed by atoms with Gasteiger partial charge in [0.1, 0.15) is 15.4 Å². The Kier molecular flexibility index (Phi) is 4.72. The summed E-state index contributed by atoms with van der Waals surface area (Å²) in [7, 11) is 3.98. The smallest absolute Gasteiger partial charge is 0.271 e. The first-order valence-corrected chi connectivity index (χ1v) is 9.68. The summed E-state index contributed by atoms with van der Waals surface area (Å²) in [6.45, 7) is 3.37. The second-order valence-electron chi connectivity index (χ2n) is 6.89. The molecule has 0 aliphatic rings. The van der Waals surface area contributed by atoms with Crippen molar-refractivity contribution in [1.29, 1.82) is 0 Å². The summed E-state index contributed by atoms with van der Waals surface area (Å²) >= 11 is 1.42. The normalized spacial score (nSPS) is 11.7. The van der Waals surface area contributed by atoms with Gasteiger partial charge in [0.15, 0.2) is 0 Å². The summed E-state index contributed by atoms with van der Waals surface area (Å²) in [4.78, 5) is 29.7. The molecule has 6 nitrogen and oxygen atoms in total. The zero-order valence-electron chi connectivity index (χ0n) is 15.6. The number of hydrogen-bond acceptors (Lipinski definition) is 6. The lowest BCUT2D eigenvalue weighted by Gasteiger charge is -2.10. The van der Waals surface area contributed by atoms with Gasteiger partial charge in [-0.15, -0.1) is 11.3 Å². The molecule has 0 unspecified atom stereocenters. The molecule has 0 bridgehead atoms.